The zero-order valence-corrected chi connectivity index (χ0v) is 16.3. The second-order valence-electron chi connectivity index (χ2n) is 6.97. The van der Waals surface area contributed by atoms with Gasteiger partial charge in [0.2, 0.25) is 0 Å². The van der Waals surface area contributed by atoms with Crippen LogP contribution >= 0.6 is 0 Å². The fourth-order valence-electron chi connectivity index (χ4n) is 4.12. The maximum Gasteiger partial charge on any atom is 0.336 e. The van der Waals surface area contributed by atoms with Crippen LogP contribution in [0.25, 0.3) is 5.70 Å². The van der Waals surface area contributed by atoms with Gasteiger partial charge < -0.3 is 14.8 Å². The van der Waals surface area contributed by atoms with Crippen LogP contribution in [0, 0.1) is 6.92 Å². The van der Waals surface area contributed by atoms with Crippen LogP contribution in [0.1, 0.15) is 39.9 Å². The number of ketones is 1. The molecular formula is C23H21NO4. The molecule has 0 radical (unpaired) electrons. The summed E-state index contributed by atoms with van der Waals surface area (Å²) in [7, 11) is 2.97. The molecule has 2 aliphatic rings. The van der Waals surface area contributed by atoms with Crippen molar-refractivity contribution in [2.24, 2.45) is 0 Å². The Labute approximate surface area is 163 Å². The van der Waals surface area contributed by atoms with Crippen molar-refractivity contribution < 1.29 is 19.1 Å². The molecule has 0 fully saturated rings. The number of fused-ring (bicyclic) bond motifs is 2. The van der Waals surface area contributed by atoms with Crippen molar-refractivity contribution in [1.82, 2.24) is 5.32 Å². The lowest BCUT2D eigenvalue weighted by Gasteiger charge is -2.30. The van der Waals surface area contributed by atoms with Gasteiger partial charge in [-0.05, 0) is 37.1 Å². The molecule has 0 saturated carbocycles. The maximum absolute atomic E-state index is 13.3. The third kappa shape index (κ3) is 2.54. The van der Waals surface area contributed by atoms with Crippen LogP contribution < -0.4 is 10.1 Å². The van der Waals surface area contributed by atoms with E-state index < -0.39 is 11.9 Å². The minimum absolute atomic E-state index is 0.0628. The average Bonchev–Trinajstić information content (AvgIpc) is 2.98. The van der Waals surface area contributed by atoms with Crippen LogP contribution in [-0.4, -0.2) is 26.0 Å². The van der Waals surface area contributed by atoms with Gasteiger partial charge in [0.25, 0.3) is 0 Å². The Morgan fingerprint density at radius 2 is 1.75 bits per heavy atom. The first kappa shape index (κ1) is 18.0. The van der Waals surface area contributed by atoms with E-state index in [0.717, 1.165) is 28.1 Å². The number of carbonyl (C=O) groups excluding carboxylic acids is 2. The molecule has 1 heterocycles. The lowest BCUT2D eigenvalue weighted by Crippen LogP contribution is -2.29. The number of hydrogen-bond donors (Lipinski definition) is 1. The predicted octanol–water partition coefficient (Wildman–Crippen LogP) is 3.75. The lowest BCUT2D eigenvalue weighted by molar-refractivity contribution is -0.136. The number of dihydropyridines is 1. The largest absolute Gasteiger partial charge is 0.497 e. The number of ether oxygens (including phenoxy) is 2. The molecule has 5 heteroatoms. The zero-order valence-electron chi connectivity index (χ0n) is 16.3. The molecule has 1 unspecified atom stereocenters. The number of aryl methyl sites for hydroxylation is 1. The van der Waals surface area contributed by atoms with E-state index in [9.17, 15) is 9.59 Å². The summed E-state index contributed by atoms with van der Waals surface area (Å²) in [5.41, 5.74) is 5.83. The molecule has 2 aromatic carbocycles. The summed E-state index contributed by atoms with van der Waals surface area (Å²) in [5, 5.41) is 3.28. The normalized spacial score (nSPS) is 17.9. The SMILES string of the molecule is COC(=O)C1=C(C)NC2=C(C(=O)c3ccccc32)C1c1ccc(OC)cc1C. The summed E-state index contributed by atoms with van der Waals surface area (Å²) >= 11 is 0. The van der Waals surface area contributed by atoms with Crippen LogP contribution in [0.4, 0.5) is 0 Å². The van der Waals surface area contributed by atoms with Gasteiger partial charge in [-0.3, -0.25) is 4.79 Å². The van der Waals surface area contributed by atoms with Gasteiger partial charge >= 0.3 is 5.97 Å². The minimum Gasteiger partial charge on any atom is -0.497 e. The highest BCUT2D eigenvalue weighted by molar-refractivity contribution is 6.23. The Kier molecular flexibility index (Phi) is 4.30. The topological polar surface area (TPSA) is 64.6 Å². The number of Topliss-reactive ketones (excluding diaryl/α,β-unsaturated/α-hetero) is 1. The summed E-state index contributed by atoms with van der Waals surface area (Å²) in [5.74, 6) is -0.284. The van der Waals surface area contributed by atoms with E-state index in [0.29, 0.717) is 22.4 Å². The number of nitrogens with one attached hydrogen (secondary N) is 1. The maximum atomic E-state index is 13.3. The first-order chi connectivity index (χ1) is 13.5. The van der Waals surface area contributed by atoms with E-state index in [1.807, 2.05) is 56.3 Å². The van der Waals surface area contributed by atoms with Gasteiger partial charge in [-0.1, -0.05) is 30.3 Å². The first-order valence-electron chi connectivity index (χ1n) is 9.06. The van der Waals surface area contributed by atoms with Crippen LogP contribution in [-0.2, 0) is 9.53 Å². The van der Waals surface area contributed by atoms with Crippen molar-refractivity contribution >= 4 is 17.4 Å². The van der Waals surface area contributed by atoms with E-state index in [1.165, 1.54) is 7.11 Å². The summed E-state index contributed by atoms with van der Waals surface area (Å²) in [6, 6.07) is 13.2. The van der Waals surface area contributed by atoms with Crippen molar-refractivity contribution in [1.29, 1.82) is 0 Å². The van der Waals surface area contributed by atoms with Crippen molar-refractivity contribution in [2.45, 2.75) is 19.8 Å². The molecule has 28 heavy (non-hydrogen) atoms. The van der Waals surface area contributed by atoms with Gasteiger partial charge in [0.15, 0.2) is 5.78 Å². The van der Waals surface area contributed by atoms with Gasteiger partial charge in [-0.15, -0.1) is 0 Å². The van der Waals surface area contributed by atoms with Gasteiger partial charge in [0.05, 0.1) is 25.5 Å². The second kappa shape index (κ2) is 6.68. The fraction of sp³-hybridized carbons (Fsp3) is 0.217. The Balaban J connectivity index is 1.97. The van der Waals surface area contributed by atoms with Crippen molar-refractivity contribution in [2.75, 3.05) is 14.2 Å². The lowest BCUT2D eigenvalue weighted by atomic mass is 9.78. The molecule has 1 aliphatic carbocycles. The number of carbonyl (C=O) groups is 2. The van der Waals surface area contributed by atoms with Crippen LogP contribution in [0.5, 0.6) is 5.75 Å². The van der Waals surface area contributed by atoms with E-state index in [1.54, 1.807) is 7.11 Å². The molecule has 0 saturated heterocycles. The van der Waals surface area contributed by atoms with E-state index in [-0.39, 0.29) is 5.78 Å². The summed E-state index contributed by atoms with van der Waals surface area (Å²) in [6.07, 6.45) is 0. The average molecular weight is 375 g/mol. The molecular weight excluding hydrogens is 354 g/mol. The fourth-order valence-corrected chi connectivity index (χ4v) is 4.12. The highest BCUT2D eigenvalue weighted by atomic mass is 16.5. The molecule has 1 atom stereocenters. The number of benzene rings is 2. The molecule has 5 nitrogen and oxygen atoms in total. The Morgan fingerprint density at radius 1 is 1.04 bits per heavy atom. The predicted molar refractivity (Wildman–Crippen MR) is 106 cm³/mol. The smallest absolute Gasteiger partial charge is 0.336 e. The molecule has 1 aliphatic heterocycles. The Morgan fingerprint density at radius 3 is 2.39 bits per heavy atom. The Bertz CT molecular complexity index is 1080. The third-order valence-electron chi connectivity index (χ3n) is 5.44. The van der Waals surface area contributed by atoms with Crippen molar-refractivity contribution in [3.05, 3.63) is 81.6 Å². The number of methoxy groups -OCH3 is 2. The third-order valence-corrected chi connectivity index (χ3v) is 5.44. The van der Waals surface area contributed by atoms with E-state index in [4.69, 9.17) is 9.47 Å². The van der Waals surface area contributed by atoms with Gasteiger partial charge in [0.1, 0.15) is 5.75 Å². The standard InChI is InChI=1S/C23H21NO4/c1-12-11-14(27-3)9-10-15(12)19-18(23(26)28-4)13(2)24-21-16-7-5-6-8-17(16)22(25)20(19)21/h5-11,19,24H,1-4H3. The number of esters is 1. The molecule has 4 rings (SSSR count). The molecule has 1 N–H and O–H groups in total. The van der Waals surface area contributed by atoms with Crippen molar-refractivity contribution in [3.8, 4) is 5.75 Å². The number of allylic oxidation sites excluding steroid dienone is 2. The van der Waals surface area contributed by atoms with Gasteiger partial charge in [0, 0.05) is 28.3 Å². The molecule has 142 valence electrons. The highest BCUT2D eigenvalue weighted by Gasteiger charge is 2.43. The number of rotatable bonds is 3. The summed E-state index contributed by atoms with van der Waals surface area (Å²) in [6.45, 7) is 3.80. The van der Waals surface area contributed by atoms with Gasteiger partial charge in [-0.2, -0.15) is 0 Å². The van der Waals surface area contributed by atoms with Crippen LogP contribution in [0.3, 0.4) is 0 Å². The minimum atomic E-state index is -0.505. The molecule has 0 spiro atoms. The Hall–Kier alpha value is -3.34. The van der Waals surface area contributed by atoms with Crippen LogP contribution in [0.2, 0.25) is 0 Å². The first-order valence-corrected chi connectivity index (χ1v) is 9.06. The van der Waals surface area contributed by atoms with Crippen LogP contribution in [0.15, 0.2) is 59.3 Å². The molecule has 2 aromatic rings. The molecule has 0 bridgehead atoms. The van der Waals surface area contributed by atoms with E-state index in [2.05, 4.69) is 5.32 Å². The monoisotopic (exact) mass is 375 g/mol. The summed E-state index contributed by atoms with van der Waals surface area (Å²) in [4.78, 5) is 26.0. The summed E-state index contributed by atoms with van der Waals surface area (Å²) < 4.78 is 10.4. The van der Waals surface area contributed by atoms with E-state index >= 15 is 0 Å². The quantitative estimate of drug-likeness (QED) is 0.828. The zero-order chi connectivity index (χ0) is 20.0. The van der Waals surface area contributed by atoms with Gasteiger partial charge in [-0.25, -0.2) is 4.79 Å². The highest BCUT2D eigenvalue weighted by Crippen LogP contribution is 2.47. The molecule has 0 amide bonds. The van der Waals surface area contributed by atoms with Crippen molar-refractivity contribution in [3.63, 3.8) is 0 Å². The molecule has 0 aromatic heterocycles. The second-order valence-corrected chi connectivity index (χ2v) is 6.97. The number of hydrogen-bond acceptors (Lipinski definition) is 5.